The number of carboxylic acids is 1. The van der Waals surface area contributed by atoms with Gasteiger partial charge in [0.15, 0.2) is 0 Å². The van der Waals surface area contributed by atoms with Crippen LogP contribution in [0.1, 0.15) is 24.0 Å². The van der Waals surface area contributed by atoms with Crippen molar-refractivity contribution in [3.05, 3.63) is 76.0 Å². The van der Waals surface area contributed by atoms with Crippen LogP contribution in [0.2, 0.25) is 0 Å². The number of carbonyl (C=O) groups excluding carboxylic acids is 2. The van der Waals surface area contributed by atoms with Crippen molar-refractivity contribution in [3.63, 3.8) is 0 Å². The smallest absolute Gasteiger partial charge is 0.550 e. The molecule has 146 valence electrons. The Balaban J connectivity index is 0.00000300. The van der Waals surface area contributed by atoms with Gasteiger partial charge in [-0.15, -0.1) is 0 Å². The molecule has 0 fully saturated rings. The standard InChI is InChI=1S/C21H21FN2O4.Na/c1-13-6-5-11-24(20(13)26)12-16-17(22)9-4-10-18(16)23-19(25)14-7-2-3-8-15(14)21(27)28;/h2-6,9-11,14-15H,7-8,12H2,1H3,(H,23,25)(H,27,28);/q;+1/p-1/t14-,15+;/m1./s1. The van der Waals surface area contributed by atoms with Gasteiger partial charge in [-0.05, 0) is 38.0 Å². The number of nitrogens with zero attached hydrogens (tertiary/aromatic N) is 1. The van der Waals surface area contributed by atoms with E-state index in [1.54, 1.807) is 37.4 Å². The maximum atomic E-state index is 14.5. The molecule has 1 aromatic carbocycles. The molecule has 1 amide bonds. The SMILES string of the molecule is Cc1cccn(Cc2c(F)cccc2NC(=O)[C@@H]2CC=CC[C@@H]2C(=O)[O-])c1=O.[Na+]. The molecule has 3 rings (SSSR count). The second-order valence-corrected chi connectivity index (χ2v) is 6.85. The minimum Gasteiger partial charge on any atom is -0.550 e. The van der Waals surface area contributed by atoms with Crippen LogP contribution in [-0.4, -0.2) is 16.4 Å². The van der Waals surface area contributed by atoms with Crippen LogP contribution in [-0.2, 0) is 16.1 Å². The fourth-order valence-corrected chi connectivity index (χ4v) is 3.38. The van der Waals surface area contributed by atoms with Crippen molar-refractivity contribution in [2.45, 2.75) is 26.3 Å². The predicted octanol–water partition coefficient (Wildman–Crippen LogP) is -1.38. The molecule has 0 aliphatic heterocycles. The van der Waals surface area contributed by atoms with Gasteiger partial charge in [0.2, 0.25) is 5.91 Å². The molecule has 1 aliphatic carbocycles. The zero-order valence-corrected chi connectivity index (χ0v) is 18.4. The molecule has 1 aromatic heterocycles. The molecule has 2 aromatic rings. The first kappa shape index (κ1) is 23.1. The van der Waals surface area contributed by atoms with Gasteiger partial charge in [0.05, 0.1) is 12.5 Å². The summed E-state index contributed by atoms with van der Waals surface area (Å²) in [6.07, 6.45) is 5.50. The number of benzene rings is 1. The zero-order valence-electron chi connectivity index (χ0n) is 16.4. The van der Waals surface area contributed by atoms with Crippen LogP contribution in [0.4, 0.5) is 10.1 Å². The molecule has 1 N–H and O–H groups in total. The monoisotopic (exact) mass is 406 g/mol. The van der Waals surface area contributed by atoms with Crippen LogP contribution < -0.4 is 45.5 Å². The van der Waals surface area contributed by atoms with E-state index in [0.717, 1.165) is 0 Å². The van der Waals surface area contributed by atoms with E-state index in [1.807, 2.05) is 0 Å². The fourth-order valence-electron chi connectivity index (χ4n) is 3.38. The van der Waals surface area contributed by atoms with Crippen LogP contribution >= 0.6 is 0 Å². The number of carboxylic acid groups (broad SMARTS) is 1. The Morgan fingerprint density at radius 2 is 1.86 bits per heavy atom. The molecule has 0 saturated carbocycles. The number of amides is 1. The second kappa shape index (κ2) is 10.0. The largest absolute Gasteiger partial charge is 1.00 e. The normalized spacial score (nSPS) is 18.0. The third-order valence-corrected chi connectivity index (χ3v) is 4.99. The summed E-state index contributed by atoms with van der Waals surface area (Å²) >= 11 is 0. The zero-order chi connectivity index (χ0) is 20.3. The van der Waals surface area contributed by atoms with Crippen molar-refractivity contribution in [1.82, 2.24) is 4.57 Å². The van der Waals surface area contributed by atoms with E-state index >= 15 is 0 Å². The maximum Gasteiger partial charge on any atom is 1.00 e. The van der Waals surface area contributed by atoms with E-state index in [1.165, 1.54) is 22.8 Å². The quantitative estimate of drug-likeness (QED) is 0.490. The third kappa shape index (κ3) is 5.23. The number of hydrogen-bond donors (Lipinski definition) is 1. The number of anilines is 1. The number of halogens is 1. The molecule has 8 heteroatoms. The Morgan fingerprint density at radius 1 is 1.17 bits per heavy atom. The molecule has 0 unspecified atom stereocenters. The topological polar surface area (TPSA) is 91.2 Å². The van der Waals surface area contributed by atoms with Crippen LogP contribution in [0.25, 0.3) is 0 Å². The number of aromatic nitrogens is 1. The average molecular weight is 406 g/mol. The predicted molar refractivity (Wildman–Crippen MR) is 99.9 cm³/mol. The van der Waals surface area contributed by atoms with E-state index in [0.29, 0.717) is 5.56 Å². The van der Waals surface area contributed by atoms with Crippen LogP contribution in [0, 0.1) is 24.6 Å². The van der Waals surface area contributed by atoms with Gasteiger partial charge in [0, 0.05) is 34.9 Å². The number of aliphatic carboxylic acids is 1. The number of aryl methyl sites for hydroxylation is 1. The number of carbonyl (C=O) groups is 2. The van der Waals surface area contributed by atoms with E-state index in [9.17, 15) is 23.9 Å². The van der Waals surface area contributed by atoms with E-state index < -0.39 is 29.5 Å². The first-order valence-electron chi connectivity index (χ1n) is 8.98. The minimum absolute atomic E-state index is 0. The van der Waals surface area contributed by atoms with Crippen molar-refractivity contribution in [1.29, 1.82) is 0 Å². The first-order chi connectivity index (χ1) is 13.4. The molecule has 29 heavy (non-hydrogen) atoms. The van der Waals surface area contributed by atoms with Crippen molar-refractivity contribution < 1.29 is 48.6 Å². The van der Waals surface area contributed by atoms with Gasteiger partial charge in [-0.25, -0.2) is 4.39 Å². The van der Waals surface area contributed by atoms with Crippen LogP contribution in [0.3, 0.4) is 0 Å². The van der Waals surface area contributed by atoms with E-state index in [4.69, 9.17) is 0 Å². The molecule has 0 radical (unpaired) electrons. The Bertz CT molecular complexity index is 1000. The van der Waals surface area contributed by atoms with E-state index in [2.05, 4.69) is 5.32 Å². The molecule has 0 bridgehead atoms. The summed E-state index contributed by atoms with van der Waals surface area (Å²) < 4.78 is 15.8. The van der Waals surface area contributed by atoms with Crippen molar-refractivity contribution in [3.8, 4) is 0 Å². The first-order valence-corrected chi connectivity index (χ1v) is 8.98. The van der Waals surface area contributed by atoms with Crippen molar-refractivity contribution >= 4 is 17.6 Å². The Kier molecular flexibility index (Phi) is 7.96. The Morgan fingerprint density at radius 3 is 2.55 bits per heavy atom. The number of hydrogen-bond acceptors (Lipinski definition) is 4. The number of rotatable bonds is 5. The molecule has 1 heterocycles. The van der Waals surface area contributed by atoms with Gasteiger partial charge in [-0.1, -0.05) is 24.3 Å². The number of nitrogens with one attached hydrogen (secondary N) is 1. The van der Waals surface area contributed by atoms with Gasteiger partial charge in [-0.3, -0.25) is 9.59 Å². The van der Waals surface area contributed by atoms with Gasteiger partial charge in [-0.2, -0.15) is 0 Å². The molecule has 6 nitrogen and oxygen atoms in total. The number of pyridine rings is 1. The minimum atomic E-state index is -1.28. The summed E-state index contributed by atoms with van der Waals surface area (Å²) in [6.45, 7) is 1.61. The summed E-state index contributed by atoms with van der Waals surface area (Å²) in [7, 11) is 0. The third-order valence-electron chi connectivity index (χ3n) is 4.99. The Hall–Kier alpha value is -2.22. The summed E-state index contributed by atoms with van der Waals surface area (Å²) in [5.74, 6) is -4.09. The Labute approximate surface area is 189 Å². The van der Waals surface area contributed by atoms with Gasteiger partial charge in [0.25, 0.3) is 5.56 Å². The van der Waals surface area contributed by atoms with Gasteiger partial charge < -0.3 is 19.8 Å². The molecule has 0 spiro atoms. The van der Waals surface area contributed by atoms with Crippen molar-refractivity contribution in [2.24, 2.45) is 11.8 Å². The molecule has 1 aliphatic rings. The van der Waals surface area contributed by atoms with Crippen LogP contribution in [0.15, 0.2) is 53.5 Å². The summed E-state index contributed by atoms with van der Waals surface area (Å²) in [5.41, 5.74) is 0.637. The molecule has 0 saturated heterocycles. The van der Waals surface area contributed by atoms with Gasteiger partial charge >= 0.3 is 29.6 Å². The molecule has 2 atom stereocenters. The number of allylic oxidation sites excluding steroid dienone is 2. The summed E-state index contributed by atoms with van der Waals surface area (Å²) in [5, 5.41) is 14.0. The van der Waals surface area contributed by atoms with E-state index in [-0.39, 0.29) is 65.8 Å². The molecular weight excluding hydrogens is 386 g/mol. The average Bonchev–Trinajstić information content (AvgIpc) is 2.67. The second-order valence-electron chi connectivity index (χ2n) is 6.85. The summed E-state index contributed by atoms with van der Waals surface area (Å²) in [4.78, 5) is 36.3. The maximum absolute atomic E-state index is 14.5. The van der Waals surface area contributed by atoms with Crippen molar-refractivity contribution in [2.75, 3.05) is 5.32 Å². The van der Waals surface area contributed by atoms with Gasteiger partial charge in [0.1, 0.15) is 5.82 Å². The fraction of sp³-hybridized carbons (Fsp3) is 0.286. The summed E-state index contributed by atoms with van der Waals surface area (Å²) in [6, 6.07) is 7.58. The van der Waals surface area contributed by atoms with Crippen LogP contribution in [0.5, 0.6) is 0 Å². The molecular formula is C21H20FN2NaO4.